The molecular weight excluding hydrogens is 284 g/mol. The van der Waals surface area contributed by atoms with Crippen molar-refractivity contribution in [2.45, 2.75) is 11.8 Å². The summed E-state index contributed by atoms with van der Waals surface area (Å²) in [6.07, 6.45) is 0.959. The highest BCUT2D eigenvalue weighted by Crippen LogP contribution is 2.34. The van der Waals surface area contributed by atoms with Gasteiger partial charge >= 0.3 is 5.69 Å². The Morgan fingerprint density at radius 1 is 1.45 bits per heavy atom. The largest absolute Gasteiger partial charge is 0.380 e. The number of rotatable bonds is 5. The van der Waals surface area contributed by atoms with Gasteiger partial charge in [0.1, 0.15) is 10.6 Å². The zero-order valence-electron chi connectivity index (χ0n) is 11.3. The highest BCUT2D eigenvalue weighted by molar-refractivity contribution is 7.90. The fourth-order valence-corrected chi connectivity index (χ4v) is 2.88. The lowest BCUT2D eigenvalue weighted by Crippen LogP contribution is -2.45. The van der Waals surface area contributed by atoms with Crippen molar-refractivity contribution in [3.05, 3.63) is 28.3 Å². The molecule has 0 aromatic heterocycles. The Morgan fingerprint density at radius 2 is 2.10 bits per heavy atom. The number of benzene rings is 1. The first kappa shape index (κ1) is 14.7. The summed E-state index contributed by atoms with van der Waals surface area (Å²) in [5.74, 6) is 0. The molecule has 110 valence electrons. The van der Waals surface area contributed by atoms with Crippen LogP contribution in [0.25, 0.3) is 0 Å². The third-order valence-corrected chi connectivity index (χ3v) is 4.32. The Balaban J connectivity index is 2.35. The number of nitrogens with zero attached hydrogens (tertiary/aromatic N) is 1. The van der Waals surface area contributed by atoms with E-state index in [9.17, 15) is 18.5 Å². The number of nitrogens with one attached hydrogen (secondary N) is 1. The molecule has 0 saturated carbocycles. The molecule has 0 radical (unpaired) electrons. The molecule has 0 bridgehead atoms. The first-order chi connectivity index (χ1) is 9.23. The smallest absolute Gasteiger partial charge is 0.310 e. The van der Waals surface area contributed by atoms with E-state index < -0.39 is 20.4 Å². The zero-order valence-corrected chi connectivity index (χ0v) is 12.1. The van der Waals surface area contributed by atoms with Gasteiger partial charge in [0.2, 0.25) is 0 Å². The summed E-state index contributed by atoms with van der Waals surface area (Å²) in [7, 11) is -3.65. The monoisotopic (exact) mass is 300 g/mol. The van der Waals surface area contributed by atoms with Gasteiger partial charge in [0.25, 0.3) is 0 Å². The van der Waals surface area contributed by atoms with Gasteiger partial charge in [-0.05, 0) is 12.1 Å². The average Bonchev–Trinajstić information content (AvgIpc) is 2.32. The van der Waals surface area contributed by atoms with Crippen molar-refractivity contribution < 1.29 is 18.1 Å². The number of sulfone groups is 1. The fraction of sp³-hybridized carbons (Fsp3) is 0.500. The molecule has 1 aromatic rings. The molecule has 20 heavy (non-hydrogen) atoms. The molecular formula is C12H16N2O5S. The molecule has 1 heterocycles. The van der Waals surface area contributed by atoms with Gasteiger partial charge in [0.05, 0.1) is 18.1 Å². The summed E-state index contributed by atoms with van der Waals surface area (Å²) >= 11 is 0. The van der Waals surface area contributed by atoms with E-state index in [2.05, 4.69) is 5.32 Å². The summed E-state index contributed by atoms with van der Waals surface area (Å²) in [4.78, 5) is 10.2. The molecule has 8 heteroatoms. The van der Waals surface area contributed by atoms with Gasteiger partial charge in [0, 0.05) is 18.2 Å². The number of nitro benzene ring substituents is 1. The molecule has 0 unspecified atom stereocenters. The number of para-hydroxylation sites is 1. The Kier molecular flexibility index (Phi) is 3.70. The van der Waals surface area contributed by atoms with Crippen LogP contribution in [0.2, 0.25) is 0 Å². The highest BCUT2D eigenvalue weighted by atomic mass is 32.2. The van der Waals surface area contributed by atoms with Crippen molar-refractivity contribution in [3.8, 4) is 0 Å². The highest BCUT2D eigenvalue weighted by Gasteiger charge is 2.34. The number of nitro groups is 1. The van der Waals surface area contributed by atoms with Crippen LogP contribution in [0.15, 0.2) is 23.1 Å². The molecule has 1 fully saturated rings. The third-order valence-electron chi connectivity index (χ3n) is 3.19. The minimum atomic E-state index is -3.65. The van der Waals surface area contributed by atoms with Gasteiger partial charge in [0.15, 0.2) is 9.84 Å². The standard InChI is InChI=1S/C12H16N2O5S/c1-12(7-19-8-12)6-13-9-4-3-5-10(20(2,17)18)11(9)14(15)16/h3-5,13H,6-8H2,1-2H3. The van der Waals surface area contributed by atoms with E-state index in [-0.39, 0.29) is 16.0 Å². The van der Waals surface area contributed by atoms with Crippen molar-refractivity contribution in [1.29, 1.82) is 0 Å². The normalized spacial score (nSPS) is 17.3. The van der Waals surface area contributed by atoms with Crippen LogP contribution in [0.5, 0.6) is 0 Å². The number of hydrogen-bond donors (Lipinski definition) is 1. The van der Waals surface area contributed by atoms with E-state index in [4.69, 9.17) is 4.74 Å². The van der Waals surface area contributed by atoms with Crippen molar-refractivity contribution in [2.75, 3.05) is 31.3 Å². The molecule has 1 aromatic carbocycles. The van der Waals surface area contributed by atoms with Crippen LogP contribution in [-0.4, -0.2) is 39.4 Å². The van der Waals surface area contributed by atoms with Crippen molar-refractivity contribution >= 4 is 21.2 Å². The number of anilines is 1. The van der Waals surface area contributed by atoms with Gasteiger partial charge in [-0.2, -0.15) is 0 Å². The SMILES string of the molecule is CC1(CNc2cccc(S(C)(=O)=O)c2[N+](=O)[O-])COC1. The summed E-state index contributed by atoms with van der Waals surface area (Å²) in [6.45, 7) is 3.65. The quantitative estimate of drug-likeness (QED) is 0.652. The predicted molar refractivity (Wildman–Crippen MR) is 73.6 cm³/mol. The van der Waals surface area contributed by atoms with E-state index in [1.807, 2.05) is 6.92 Å². The van der Waals surface area contributed by atoms with Crippen LogP contribution in [0, 0.1) is 15.5 Å². The lowest BCUT2D eigenvalue weighted by atomic mass is 9.88. The van der Waals surface area contributed by atoms with E-state index >= 15 is 0 Å². The summed E-state index contributed by atoms with van der Waals surface area (Å²) in [5.41, 5.74) is -0.264. The van der Waals surface area contributed by atoms with Crippen molar-refractivity contribution in [2.24, 2.45) is 5.41 Å². The Labute approximate surface area is 117 Å². The average molecular weight is 300 g/mol. The Bertz CT molecular complexity index is 637. The second-order valence-electron chi connectivity index (χ2n) is 5.34. The molecule has 0 amide bonds. The summed E-state index contributed by atoms with van der Waals surface area (Å²) in [5, 5.41) is 14.1. The van der Waals surface area contributed by atoms with E-state index in [0.29, 0.717) is 19.8 Å². The zero-order chi connectivity index (χ0) is 15.0. The first-order valence-electron chi connectivity index (χ1n) is 6.02. The number of hydrogen-bond acceptors (Lipinski definition) is 6. The van der Waals surface area contributed by atoms with Crippen molar-refractivity contribution in [1.82, 2.24) is 0 Å². The molecule has 0 atom stereocenters. The summed E-state index contributed by atoms with van der Waals surface area (Å²) in [6, 6.07) is 4.24. The maximum Gasteiger partial charge on any atom is 0.310 e. The Hall–Kier alpha value is -1.67. The van der Waals surface area contributed by atoms with E-state index in [1.54, 1.807) is 0 Å². The lowest BCUT2D eigenvalue weighted by molar-refractivity contribution is -0.386. The third kappa shape index (κ3) is 2.91. The van der Waals surface area contributed by atoms with E-state index in [1.165, 1.54) is 18.2 Å². The second-order valence-corrected chi connectivity index (χ2v) is 7.32. The predicted octanol–water partition coefficient (Wildman–Crippen LogP) is 1.45. The molecule has 0 spiro atoms. The molecule has 1 aliphatic heterocycles. The minimum absolute atomic E-state index is 0.0744. The van der Waals surface area contributed by atoms with Crippen LogP contribution < -0.4 is 5.32 Å². The summed E-state index contributed by atoms with van der Waals surface area (Å²) < 4.78 is 28.4. The van der Waals surface area contributed by atoms with E-state index in [0.717, 1.165) is 6.26 Å². The van der Waals surface area contributed by atoms with Gasteiger partial charge in [-0.25, -0.2) is 8.42 Å². The molecule has 1 saturated heterocycles. The molecule has 0 aliphatic carbocycles. The van der Waals surface area contributed by atoms with Crippen LogP contribution in [0.1, 0.15) is 6.92 Å². The number of ether oxygens (including phenoxy) is 1. The van der Waals surface area contributed by atoms with Crippen molar-refractivity contribution in [3.63, 3.8) is 0 Å². The fourth-order valence-electron chi connectivity index (χ4n) is 2.01. The van der Waals surface area contributed by atoms with Crippen LogP contribution in [0.4, 0.5) is 11.4 Å². The van der Waals surface area contributed by atoms with Gasteiger partial charge in [-0.3, -0.25) is 10.1 Å². The van der Waals surface area contributed by atoms with Crippen LogP contribution in [-0.2, 0) is 14.6 Å². The molecule has 1 N–H and O–H groups in total. The van der Waals surface area contributed by atoms with Crippen LogP contribution in [0.3, 0.4) is 0 Å². The van der Waals surface area contributed by atoms with Gasteiger partial charge < -0.3 is 10.1 Å². The topological polar surface area (TPSA) is 98.5 Å². The molecule has 1 aliphatic rings. The first-order valence-corrected chi connectivity index (χ1v) is 7.91. The molecule has 2 rings (SSSR count). The minimum Gasteiger partial charge on any atom is -0.380 e. The van der Waals surface area contributed by atoms with Gasteiger partial charge in [-0.1, -0.05) is 13.0 Å². The van der Waals surface area contributed by atoms with Crippen LogP contribution >= 0.6 is 0 Å². The Morgan fingerprint density at radius 3 is 2.55 bits per heavy atom. The lowest BCUT2D eigenvalue weighted by Gasteiger charge is -2.38. The maximum absolute atomic E-state index is 11.6. The molecule has 7 nitrogen and oxygen atoms in total. The second kappa shape index (κ2) is 5.02. The maximum atomic E-state index is 11.6. The van der Waals surface area contributed by atoms with Gasteiger partial charge in [-0.15, -0.1) is 0 Å².